The van der Waals surface area contributed by atoms with Crippen LogP contribution in [0.3, 0.4) is 0 Å². The minimum absolute atomic E-state index is 0.476. The summed E-state index contributed by atoms with van der Waals surface area (Å²) in [6, 6.07) is 11.1. The second-order valence-corrected chi connectivity index (χ2v) is 5.99. The summed E-state index contributed by atoms with van der Waals surface area (Å²) in [5.41, 5.74) is 1.03. The molecule has 2 aromatic rings. The van der Waals surface area contributed by atoms with E-state index in [2.05, 4.69) is 31.9 Å². The predicted octanol–water partition coefficient (Wildman–Crippen LogP) is 6.40. The Kier molecular flexibility index (Phi) is 4.96. The van der Waals surface area contributed by atoms with Crippen molar-refractivity contribution in [1.82, 2.24) is 0 Å². The Hall–Kier alpha value is -0.220. The summed E-state index contributed by atoms with van der Waals surface area (Å²) in [6.45, 7) is 0. The zero-order chi connectivity index (χ0) is 13.1. The van der Waals surface area contributed by atoms with Gasteiger partial charge in [-0.15, -0.1) is 11.6 Å². The van der Waals surface area contributed by atoms with Gasteiger partial charge in [0.1, 0.15) is 11.5 Å². The Morgan fingerprint density at radius 1 is 0.944 bits per heavy atom. The van der Waals surface area contributed by atoms with Gasteiger partial charge in [-0.1, -0.05) is 17.7 Å². The molecule has 0 saturated heterocycles. The van der Waals surface area contributed by atoms with E-state index in [1.54, 1.807) is 12.1 Å². The van der Waals surface area contributed by atoms with Crippen molar-refractivity contribution in [3.63, 3.8) is 0 Å². The molecule has 0 aliphatic carbocycles. The van der Waals surface area contributed by atoms with E-state index < -0.39 is 0 Å². The smallest absolute Gasteiger partial charge is 0.141 e. The molecule has 0 atom stereocenters. The van der Waals surface area contributed by atoms with Crippen LogP contribution in [0.25, 0.3) is 0 Å². The molecular weight excluding hydrogens is 403 g/mol. The third kappa shape index (κ3) is 3.41. The van der Waals surface area contributed by atoms with Gasteiger partial charge in [-0.3, -0.25) is 0 Å². The third-order valence-electron chi connectivity index (χ3n) is 2.26. The largest absolute Gasteiger partial charge is 0.455 e. The maximum absolute atomic E-state index is 5.88. The lowest BCUT2D eigenvalue weighted by molar-refractivity contribution is 0.476. The van der Waals surface area contributed by atoms with E-state index in [1.165, 1.54) is 0 Å². The van der Waals surface area contributed by atoms with Crippen molar-refractivity contribution in [3.8, 4) is 11.5 Å². The normalized spacial score (nSPS) is 10.4. The van der Waals surface area contributed by atoms with Gasteiger partial charge in [0.25, 0.3) is 0 Å². The molecule has 5 heteroatoms. The summed E-state index contributed by atoms with van der Waals surface area (Å²) in [4.78, 5) is 0. The highest BCUT2D eigenvalue weighted by atomic mass is 79.9. The van der Waals surface area contributed by atoms with Gasteiger partial charge in [-0.05, 0) is 67.8 Å². The summed E-state index contributed by atoms with van der Waals surface area (Å²) in [5.74, 6) is 1.91. The molecule has 0 bridgehead atoms. The fourth-order valence-electron chi connectivity index (χ4n) is 1.39. The molecule has 1 nitrogen and oxygen atoms in total. The summed E-state index contributed by atoms with van der Waals surface area (Å²) in [5, 5.41) is 0.658. The van der Waals surface area contributed by atoms with Crippen LogP contribution in [0, 0.1) is 0 Å². The minimum Gasteiger partial charge on any atom is -0.455 e. The number of benzene rings is 2. The van der Waals surface area contributed by atoms with E-state index in [0.717, 1.165) is 20.3 Å². The van der Waals surface area contributed by atoms with E-state index >= 15 is 0 Å². The average molecular weight is 411 g/mol. The maximum atomic E-state index is 5.88. The van der Waals surface area contributed by atoms with Crippen LogP contribution in [0.1, 0.15) is 5.56 Å². The number of rotatable bonds is 3. The molecule has 0 fully saturated rings. The Morgan fingerprint density at radius 2 is 1.56 bits per heavy atom. The second-order valence-electron chi connectivity index (χ2n) is 3.58. The first-order valence-electron chi connectivity index (χ1n) is 5.07. The van der Waals surface area contributed by atoms with Crippen molar-refractivity contribution in [2.75, 3.05) is 0 Å². The minimum atomic E-state index is 0.476. The lowest BCUT2D eigenvalue weighted by Gasteiger charge is -2.10. The highest BCUT2D eigenvalue weighted by Crippen LogP contribution is 2.35. The molecule has 18 heavy (non-hydrogen) atoms. The molecule has 0 aliphatic rings. The molecule has 0 aliphatic heterocycles. The highest BCUT2D eigenvalue weighted by molar-refractivity contribution is 9.11. The first-order valence-corrected chi connectivity index (χ1v) is 7.57. The maximum Gasteiger partial charge on any atom is 0.141 e. The molecule has 0 spiro atoms. The van der Waals surface area contributed by atoms with Crippen LogP contribution in [0.4, 0.5) is 0 Å². The Labute approximate surface area is 132 Å². The van der Waals surface area contributed by atoms with Crippen molar-refractivity contribution in [2.45, 2.75) is 5.88 Å². The second kappa shape index (κ2) is 6.29. The molecule has 94 valence electrons. The van der Waals surface area contributed by atoms with E-state index in [0.29, 0.717) is 16.7 Å². The summed E-state index contributed by atoms with van der Waals surface area (Å²) >= 11 is 18.5. The molecule has 0 saturated carbocycles. The van der Waals surface area contributed by atoms with Crippen LogP contribution in [0.5, 0.6) is 11.5 Å². The molecule has 0 heterocycles. The van der Waals surface area contributed by atoms with Crippen molar-refractivity contribution >= 4 is 55.1 Å². The fraction of sp³-hybridized carbons (Fsp3) is 0.0769. The van der Waals surface area contributed by atoms with Gasteiger partial charge in [0, 0.05) is 10.9 Å². The number of hydrogen-bond acceptors (Lipinski definition) is 1. The number of ether oxygens (including phenoxy) is 1. The van der Waals surface area contributed by atoms with Gasteiger partial charge in [0.05, 0.1) is 8.95 Å². The third-order valence-corrected chi connectivity index (χ3v) is 4.05. The standard InChI is InChI=1S/C13H8Br2Cl2O/c14-10-5-8(7-16)1-3-12(10)18-13-4-2-9(17)6-11(13)15/h1-6H,7H2. The van der Waals surface area contributed by atoms with Crippen molar-refractivity contribution in [1.29, 1.82) is 0 Å². The van der Waals surface area contributed by atoms with Gasteiger partial charge < -0.3 is 4.74 Å². The first-order chi connectivity index (χ1) is 8.60. The predicted molar refractivity (Wildman–Crippen MR) is 82.9 cm³/mol. The van der Waals surface area contributed by atoms with E-state index in [-0.39, 0.29) is 0 Å². The van der Waals surface area contributed by atoms with Gasteiger partial charge in [-0.25, -0.2) is 0 Å². The molecule has 0 unspecified atom stereocenters. The Balaban J connectivity index is 2.28. The molecule has 2 rings (SSSR count). The Morgan fingerprint density at radius 3 is 2.11 bits per heavy atom. The first kappa shape index (κ1) is 14.2. The molecule has 0 radical (unpaired) electrons. The van der Waals surface area contributed by atoms with Crippen LogP contribution in [0.15, 0.2) is 45.3 Å². The number of hydrogen-bond donors (Lipinski definition) is 0. The van der Waals surface area contributed by atoms with Crippen molar-refractivity contribution in [3.05, 3.63) is 55.9 Å². The average Bonchev–Trinajstić information content (AvgIpc) is 2.34. The van der Waals surface area contributed by atoms with Gasteiger partial charge in [0.15, 0.2) is 0 Å². The number of halogens is 4. The fourth-order valence-corrected chi connectivity index (χ4v) is 2.82. The lowest BCUT2D eigenvalue weighted by Crippen LogP contribution is -1.88. The van der Waals surface area contributed by atoms with Crippen LogP contribution in [0.2, 0.25) is 5.02 Å². The van der Waals surface area contributed by atoms with Crippen molar-refractivity contribution in [2.24, 2.45) is 0 Å². The van der Waals surface area contributed by atoms with Crippen LogP contribution >= 0.6 is 55.1 Å². The van der Waals surface area contributed by atoms with Gasteiger partial charge in [0.2, 0.25) is 0 Å². The summed E-state index contributed by atoms with van der Waals surface area (Å²) in [6.07, 6.45) is 0. The summed E-state index contributed by atoms with van der Waals surface area (Å²) in [7, 11) is 0. The van der Waals surface area contributed by atoms with Crippen molar-refractivity contribution < 1.29 is 4.74 Å². The van der Waals surface area contributed by atoms with E-state index in [4.69, 9.17) is 27.9 Å². The zero-order valence-electron chi connectivity index (χ0n) is 9.09. The van der Waals surface area contributed by atoms with Gasteiger partial charge >= 0.3 is 0 Å². The van der Waals surface area contributed by atoms with E-state index in [1.807, 2.05) is 24.3 Å². The zero-order valence-corrected chi connectivity index (χ0v) is 13.8. The Bertz CT molecular complexity index is 573. The number of alkyl halides is 1. The van der Waals surface area contributed by atoms with E-state index in [9.17, 15) is 0 Å². The monoisotopic (exact) mass is 408 g/mol. The molecule has 0 aromatic heterocycles. The topological polar surface area (TPSA) is 9.23 Å². The molecular formula is C13H8Br2Cl2O. The van der Waals surface area contributed by atoms with Crippen LogP contribution in [-0.4, -0.2) is 0 Å². The van der Waals surface area contributed by atoms with Crippen LogP contribution in [-0.2, 0) is 5.88 Å². The molecule has 2 aromatic carbocycles. The lowest BCUT2D eigenvalue weighted by atomic mass is 10.2. The molecule has 0 amide bonds. The highest BCUT2D eigenvalue weighted by Gasteiger charge is 2.07. The SMILES string of the molecule is ClCc1ccc(Oc2ccc(Cl)cc2Br)c(Br)c1. The molecule has 0 N–H and O–H groups in total. The summed E-state index contributed by atoms with van der Waals surface area (Å²) < 4.78 is 7.47. The quantitative estimate of drug-likeness (QED) is 0.532. The van der Waals surface area contributed by atoms with Crippen LogP contribution < -0.4 is 4.74 Å². The van der Waals surface area contributed by atoms with Gasteiger partial charge in [-0.2, -0.15) is 0 Å².